The van der Waals surface area contributed by atoms with Crippen molar-refractivity contribution in [2.75, 3.05) is 26.2 Å². The molecule has 0 bridgehead atoms. The molecule has 6 nitrogen and oxygen atoms in total. The van der Waals surface area contributed by atoms with E-state index in [-0.39, 0.29) is 25.1 Å². The van der Waals surface area contributed by atoms with Gasteiger partial charge in [-0.1, -0.05) is 29.8 Å². The van der Waals surface area contributed by atoms with Crippen molar-refractivity contribution in [2.45, 2.75) is 38.8 Å². The first-order valence-corrected chi connectivity index (χ1v) is 8.95. The minimum absolute atomic E-state index is 0.0477. The number of nitrogens with zero attached hydrogens (tertiary/aromatic N) is 2. The minimum atomic E-state index is -0.889. The van der Waals surface area contributed by atoms with Crippen LogP contribution in [0.15, 0.2) is 24.3 Å². The van der Waals surface area contributed by atoms with Gasteiger partial charge >= 0.3 is 12.0 Å². The molecule has 0 spiro atoms. The molecule has 1 saturated carbocycles. The molecular formula is C19H26N2O4. The van der Waals surface area contributed by atoms with Crippen LogP contribution in [-0.4, -0.2) is 59.3 Å². The SMILES string of the molecule is Cc1cccc(CN(CCC(=O)O)C(=O)N2CCOC(C3CC3)C2)c1. The first-order valence-electron chi connectivity index (χ1n) is 8.95. The number of hydrogen-bond donors (Lipinski definition) is 1. The summed E-state index contributed by atoms with van der Waals surface area (Å²) in [6.45, 7) is 4.40. The van der Waals surface area contributed by atoms with Gasteiger partial charge in [0.2, 0.25) is 0 Å². The van der Waals surface area contributed by atoms with Crippen molar-refractivity contribution in [3.8, 4) is 0 Å². The molecule has 2 aliphatic rings. The van der Waals surface area contributed by atoms with Gasteiger partial charge in [-0.2, -0.15) is 0 Å². The van der Waals surface area contributed by atoms with Gasteiger partial charge in [0.05, 0.1) is 19.1 Å². The van der Waals surface area contributed by atoms with Crippen LogP contribution in [0.2, 0.25) is 0 Å². The van der Waals surface area contributed by atoms with Crippen LogP contribution in [0.3, 0.4) is 0 Å². The quantitative estimate of drug-likeness (QED) is 0.859. The number of morpholine rings is 1. The number of carbonyl (C=O) groups excluding carboxylic acids is 1. The maximum Gasteiger partial charge on any atom is 0.320 e. The number of benzene rings is 1. The number of amides is 2. The summed E-state index contributed by atoms with van der Waals surface area (Å²) in [4.78, 5) is 27.5. The number of hydrogen-bond acceptors (Lipinski definition) is 3. The predicted molar refractivity (Wildman–Crippen MR) is 93.3 cm³/mol. The third-order valence-corrected chi connectivity index (χ3v) is 4.83. The standard InChI is InChI=1S/C19H26N2O4/c1-14-3-2-4-15(11-14)12-20(8-7-18(22)23)19(24)21-9-10-25-17(13-21)16-5-6-16/h2-4,11,16-17H,5-10,12-13H2,1H3,(H,22,23). The lowest BCUT2D eigenvalue weighted by atomic mass is 10.1. The number of ether oxygens (including phenoxy) is 1. The minimum Gasteiger partial charge on any atom is -0.481 e. The number of urea groups is 1. The molecule has 1 aliphatic carbocycles. The highest BCUT2D eigenvalue weighted by Gasteiger charge is 2.37. The predicted octanol–water partition coefficient (Wildman–Crippen LogP) is 2.50. The highest BCUT2D eigenvalue weighted by atomic mass is 16.5. The topological polar surface area (TPSA) is 70.1 Å². The fourth-order valence-electron chi connectivity index (χ4n) is 3.31. The normalized spacial score (nSPS) is 20.4. The number of carbonyl (C=O) groups is 2. The molecule has 1 aromatic carbocycles. The molecular weight excluding hydrogens is 320 g/mol. The average Bonchev–Trinajstić information content (AvgIpc) is 3.43. The monoisotopic (exact) mass is 346 g/mol. The van der Waals surface area contributed by atoms with Gasteiger partial charge in [-0.05, 0) is 31.2 Å². The second kappa shape index (κ2) is 7.87. The van der Waals surface area contributed by atoms with E-state index in [1.165, 1.54) is 12.8 Å². The Morgan fingerprint density at radius 3 is 2.84 bits per heavy atom. The Bertz CT molecular complexity index is 630. The number of carboxylic acids is 1. The zero-order valence-electron chi connectivity index (χ0n) is 14.7. The molecule has 3 rings (SSSR count). The Morgan fingerprint density at radius 1 is 1.36 bits per heavy atom. The van der Waals surface area contributed by atoms with Gasteiger partial charge in [-0.25, -0.2) is 4.79 Å². The van der Waals surface area contributed by atoms with Gasteiger partial charge in [0, 0.05) is 26.2 Å². The van der Waals surface area contributed by atoms with E-state index < -0.39 is 5.97 Å². The lowest BCUT2D eigenvalue weighted by Gasteiger charge is -2.36. The van der Waals surface area contributed by atoms with E-state index in [2.05, 4.69) is 0 Å². The van der Waals surface area contributed by atoms with E-state index in [4.69, 9.17) is 9.84 Å². The van der Waals surface area contributed by atoms with Crippen molar-refractivity contribution in [3.05, 3.63) is 35.4 Å². The molecule has 1 N–H and O–H groups in total. The molecule has 2 amide bonds. The second-order valence-electron chi connectivity index (χ2n) is 7.03. The molecule has 0 aromatic heterocycles. The number of aliphatic carboxylic acids is 1. The Hall–Kier alpha value is -2.08. The summed E-state index contributed by atoms with van der Waals surface area (Å²) in [5.74, 6) is -0.306. The second-order valence-corrected chi connectivity index (χ2v) is 7.03. The summed E-state index contributed by atoms with van der Waals surface area (Å²) in [6, 6.07) is 7.89. The first-order chi connectivity index (χ1) is 12.0. The van der Waals surface area contributed by atoms with Crippen molar-refractivity contribution >= 4 is 12.0 Å². The summed E-state index contributed by atoms with van der Waals surface area (Å²) in [5.41, 5.74) is 2.15. The van der Waals surface area contributed by atoms with E-state index in [0.717, 1.165) is 11.1 Å². The van der Waals surface area contributed by atoms with Crippen molar-refractivity contribution in [1.29, 1.82) is 0 Å². The molecule has 1 unspecified atom stereocenters. The average molecular weight is 346 g/mol. The lowest BCUT2D eigenvalue weighted by molar-refractivity contribution is -0.137. The molecule has 1 heterocycles. The van der Waals surface area contributed by atoms with Crippen LogP contribution in [0.4, 0.5) is 4.79 Å². The van der Waals surface area contributed by atoms with Crippen LogP contribution in [0.25, 0.3) is 0 Å². The molecule has 0 radical (unpaired) electrons. The van der Waals surface area contributed by atoms with Crippen LogP contribution in [0.1, 0.15) is 30.4 Å². The largest absolute Gasteiger partial charge is 0.481 e. The van der Waals surface area contributed by atoms with E-state index in [1.807, 2.05) is 36.1 Å². The van der Waals surface area contributed by atoms with Gasteiger partial charge < -0.3 is 19.6 Å². The molecule has 136 valence electrons. The van der Waals surface area contributed by atoms with Gasteiger partial charge in [0.25, 0.3) is 0 Å². The smallest absolute Gasteiger partial charge is 0.320 e. The van der Waals surface area contributed by atoms with E-state index in [9.17, 15) is 9.59 Å². The summed E-state index contributed by atoms with van der Waals surface area (Å²) in [7, 11) is 0. The maximum atomic E-state index is 13.0. The zero-order chi connectivity index (χ0) is 17.8. The highest BCUT2D eigenvalue weighted by molar-refractivity contribution is 5.75. The Labute approximate surface area is 148 Å². The van der Waals surface area contributed by atoms with Crippen molar-refractivity contribution in [1.82, 2.24) is 9.80 Å². The molecule has 1 aliphatic heterocycles. The fraction of sp³-hybridized carbons (Fsp3) is 0.579. The maximum absolute atomic E-state index is 13.0. The van der Waals surface area contributed by atoms with Gasteiger partial charge in [0.1, 0.15) is 0 Å². The van der Waals surface area contributed by atoms with Gasteiger partial charge in [-0.3, -0.25) is 4.79 Å². The van der Waals surface area contributed by atoms with Crippen LogP contribution in [0, 0.1) is 12.8 Å². The molecule has 1 aromatic rings. The number of rotatable bonds is 6. The van der Waals surface area contributed by atoms with E-state index in [1.54, 1.807) is 4.90 Å². The van der Waals surface area contributed by atoms with Crippen LogP contribution >= 0.6 is 0 Å². The first kappa shape index (κ1) is 17.7. The molecule has 2 fully saturated rings. The Morgan fingerprint density at radius 2 is 2.16 bits per heavy atom. The summed E-state index contributed by atoms with van der Waals surface area (Å²) < 4.78 is 5.79. The van der Waals surface area contributed by atoms with Crippen molar-refractivity contribution < 1.29 is 19.4 Å². The fourth-order valence-corrected chi connectivity index (χ4v) is 3.31. The molecule has 6 heteroatoms. The van der Waals surface area contributed by atoms with Crippen molar-refractivity contribution in [2.24, 2.45) is 5.92 Å². The zero-order valence-corrected chi connectivity index (χ0v) is 14.7. The molecule has 1 atom stereocenters. The van der Waals surface area contributed by atoms with E-state index >= 15 is 0 Å². The van der Waals surface area contributed by atoms with Gasteiger partial charge in [0.15, 0.2) is 0 Å². The Kier molecular flexibility index (Phi) is 5.58. The number of carboxylic acid groups (broad SMARTS) is 1. The lowest BCUT2D eigenvalue weighted by Crippen LogP contribution is -2.51. The summed E-state index contributed by atoms with van der Waals surface area (Å²) in [6.07, 6.45) is 2.45. The Balaban J connectivity index is 1.68. The van der Waals surface area contributed by atoms with Gasteiger partial charge in [-0.15, -0.1) is 0 Å². The highest BCUT2D eigenvalue weighted by Crippen LogP contribution is 2.35. The van der Waals surface area contributed by atoms with Crippen LogP contribution in [-0.2, 0) is 16.1 Å². The van der Waals surface area contributed by atoms with Crippen LogP contribution < -0.4 is 0 Å². The number of aryl methyl sites for hydroxylation is 1. The van der Waals surface area contributed by atoms with Crippen molar-refractivity contribution in [3.63, 3.8) is 0 Å². The summed E-state index contributed by atoms with van der Waals surface area (Å²) >= 11 is 0. The third kappa shape index (κ3) is 4.95. The van der Waals surface area contributed by atoms with E-state index in [0.29, 0.717) is 32.2 Å². The third-order valence-electron chi connectivity index (χ3n) is 4.83. The molecule has 25 heavy (non-hydrogen) atoms. The van der Waals surface area contributed by atoms with Crippen LogP contribution in [0.5, 0.6) is 0 Å². The summed E-state index contributed by atoms with van der Waals surface area (Å²) in [5, 5.41) is 9.02. The molecule has 1 saturated heterocycles.